The molecule has 0 aromatic heterocycles. The highest BCUT2D eigenvalue weighted by molar-refractivity contribution is 5.87. The number of rotatable bonds is 6. The molecule has 0 unspecified atom stereocenters. The molecule has 1 atom stereocenters. The molecule has 0 aliphatic carbocycles. The van der Waals surface area contributed by atoms with Gasteiger partial charge in [0.1, 0.15) is 0 Å². The standard InChI is InChI=1S/C12H23NO2.ClH/c1-6-15-12(14)10(4)8-11(13-5)7-9(2)3;/h8-9,11,13H,6-7H2,1-5H3;1H/b10-8+;/t11-;/m0./s1. The maximum Gasteiger partial charge on any atom is 0.333 e. The predicted octanol–water partition coefficient (Wildman–Crippen LogP) is 2.55. The van der Waals surface area contributed by atoms with Crippen LogP contribution in [-0.4, -0.2) is 25.7 Å². The van der Waals surface area contributed by atoms with Crippen LogP contribution < -0.4 is 5.32 Å². The van der Waals surface area contributed by atoms with Crippen LogP contribution in [0.15, 0.2) is 11.6 Å². The molecule has 0 aliphatic rings. The summed E-state index contributed by atoms with van der Waals surface area (Å²) in [5.74, 6) is 0.384. The maximum absolute atomic E-state index is 11.4. The topological polar surface area (TPSA) is 38.3 Å². The molecule has 0 aromatic carbocycles. The van der Waals surface area contributed by atoms with Crippen LogP contribution in [0.1, 0.15) is 34.1 Å². The van der Waals surface area contributed by atoms with Crippen LogP contribution in [0.4, 0.5) is 0 Å². The zero-order valence-electron chi connectivity index (χ0n) is 10.9. The van der Waals surface area contributed by atoms with E-state index in [1.165, 1.54) is 0 Å². The van der Waals surface area contributed by atoms with Crippen LogP contribution >= 0.6 is 12.4 Å². The molecule has 0 radical (unpaired) electrons. The van der Waals surface area contributed by atoms with E-state index < -0.39 is 0 Å². The Kier molecular flexibility index (Phi) is 10.8. The minimum Gasteiger partial charge on any atom is -0.463 e. The summed E-state index contributed by atoms with van der Waals surface area (Å²) in [4.78, 5) is 11.4. The average molecular weight is 250 g/mol. The van der Waals surface area contributed by atoms with Crippen molar-refractivity contribution in [1.29, 1.82) is 0 Å². The molecule has 4 heteroatoms. The van der Waals surface area contributed by atoms with E-state index in [4.69, 9.17) is 4.74 Å². The number of carbonyl (C=O) groups excluding carboxylic acids is 1. The molecule has 0 aromatic rings. The molecule has 0 spiro atoms. The van der Waals surface area contributed by atoms with Crippen LogP contribution in [0, 0.1) is 5.92 Å². The third kappa shape index (κ3) is 7.71. The monoisotopic (exact) mass is 249 g/mol. The van der Waals surface area contributed by atoms with Gasteiger partial charge in [-0.1, -0.05) is 19.9 Å². The quantitative estimate of drug-likeness (QED) is 0.581. The molecule has 96 valence electrons. The lowest BCUT2D eigenvalue weighted by Crippen LogP contribution is -2.25. The Hall–Kier alpha value is -0.540. The van der Waals surface area contributed by atoms with E-state index in [0.29, 0.717) is 18.1 Å². The van der Waals surface area contributed by atoms with Gasteiger partial charge in [-0.15, -0.1) is 12.4 Å². The Bertz CT molecular complexity index is 227. The summed E-state index contributed by atoms with van der Waals surface area (Å²) in [6, 6.07) is 0.245. The molecular formula is C12H24ClNO2. The lowest BCUT2D eigenvalue weighted by molar-refractivity contribution is -0.138. The van der Waals surface area contributed by atoms with Crippen LogP contribution in [-0.2, 0) is 9.53 Å². The van der Waals surface area contributed by atoms with Crippen molar-refractivity contribution in [3.63, 3.8) is 0 Å². The second-order valence-electron chi connectivity index (χ2n) is 4.09. The van der Waals surface area contributed by atoms with Crippen LogP contribution in [0.25, 0.3) is 0 Å². The van der Waals surface area contributed by atoms with Crippen molar-refractivity contribution >= 4 is 18.4 Å². The number of likely N-dealkylation sites (N-methyl/N-ethyl adjacent to an activating group) is 1. The average Bonchev–Trinajstić information content (AvgIpc) is 2.16. The largest absolute Gasteiger partial charge is 0.463 e. The molecule has 0 amide bonds. The predicted molar refractivity (Wildman–Crippen MR) is 69.9 cm³/mol. The summed E-state index contributed by atoms with van der Waals surface area (Å²) in [5, 5.41) is 3.18. The smallest absolute Gasteiger partial charge is 0.333 e. The Labute approximate surface area is 105 Å². The van der Waals surface area contributed by atoms with Gasteiger partial charge in [0.25, 0.3) is 0 Å². The first-order valence-electron chi connectivity index (χ1n) is 5.54. The van der Waals surface area contributed by atoms with Crippen LogP contribution in [0.2, 0.25) is 0 Å². The summed E-state index contributed by atoms with van der Waals surface area (Å²) in [6.45, 7) is 8.37. The van der Waals surface area contributed by atoms with Gasteiger partial charge in [0, 0.05) is 11.6 Å². The minimum atomic E-state index is -0.221. The number of carbonyl (C=O) groups is 1. The van der Waals surface area contributed by atoms with E-state index in [9.17, 15) is 4.79 Å². The van der Waals surface area contributed by atoms with Crippen molar-refractivity contribution in [1.82, 2.24) is 5.32 Å². The van der Waals surface area contributed by atoms with Crippen molar-refractivity contribution in [3.05, 3.63) is 11.6 Å². The molecule has 0 fully saturated rings. The molecule has 0 heterocycles. The summed E-state index contributed by atoms with van der Waals surface area (Å²) in [5.41, 5.74) is 0.678. The molecule has 0 bridgehead atoms. The number of hydrogen-bond acceptors (Lipinski definition) is 3. The highest BCUT2D eigenvalue weighted by Gasteiger charge is 2.10. The van der Waals surface area contributed by atoms with Gasteiger partial charge in [0.2, 0.25) is 0 Å². The molecule has 3 nitrogen and oxygen atoms in total. The molecule has 0 aliphatic heterocycles. The fourth-order valence-corrected chi connectivity index (χ4v) is 1.39. The van der Waals surface area contributed by atoms with E-state index in [1.807, 2.05) is 20.0 Å². The Balaban J connectivity index is 0. The molecule has 0 saturated heterocycles. The summed E-state index contributed by atoms with van der Waals surface area (Å²) >= 11 is 0. The second-order valence-corrected chi connectivity index (χ2v) is 4.09. The van der Waals surface area contributed by atoms with E-state index in [1.54, 1.807) is 6.92 Å². The molecule has 1 N–H and O–H groups in total. The van der Waals surface area contributed by atoms with Crippen LogP contribution in [0.3, 0.4) is 0 Å². The van der Waals surface area contributed by atoms with Gasteiger partial charge < -0.3 is 10.1 Å². The fourth-order valence-electron chi connectivity index (χ4n) is 1.39. The lowest BCUT2D eigenvalue weighted by atomic mass is 10.0. The fraction of sp³-hybridized carbons (Fsp3) is 0.750. The summed E-state index contributed by atoms with van der Waals surface area (Å²) in [6.07, 6.45) is 2.96. The zero-order valence-corrected chi connectivity index (χ0v) is 11.7. The van der Waals surface area contributed by atoms with E-state index >= 15 is 0 Å². The number of hydrogen-bond donors (Lipinski definition) is 1. The van der Waals surface area contributed by atoms with Crippen molar-refractivity contribution < 1.29 is 9.53 Å². The van der Waals surface area contributed by atoms with Crippen LogP contribution in [0.5, 0.6) is 0 Å². The van der Waals surface area contributed by atoms with Gasteiger partial charge in [-0.05, 0) is 33.2 Å². The SMILES string of the molecule is CCOC(=O)/C(C)=C/[C@H](CC(C)C)NC.Cl. The number of nitrogens with one attached hydrogen (secondary N) is 1. The van der Waals surface area contributed by atoms with Crippen molar-refractivity contribution in [2.45, 2.75) is 40.2 Å². The highest BCUT2D eigenvalue weighted by Crippen LogP contribution is 2.08. The highest BCUT2D eigenvalue weighted by atomic mass is 35.5. The normalized spacial score (nSPS) is 13.2. The van der Waals surface area contributed by atoms with Gasteiger partial charge in [0.15, 0.2) is 0 Å². The Morgan fingerprint density at radius 2 is 2.00 bits per heavy atom. The lowest BCUT2D eigenvalue weighted by Gasteiger charge is -2.15. The van der Waals surface area contributed by atoms with Gasteiger partial charge in [0.05, 0.1) is 6.61 Å². The first-order chi connectivity index (χ1) is 7.01. The molecule has 0 rings (SSSR count). The maximum atomic E-state index is 11.4. The van der Waals surface area contributed by atoms with Crippen molar-refractivity contribution in [2.75, 3.05) is 13.7 Å². The molecule has 0 saturated carbocycles. The van der Waals surface area contributed by atoms with E-state index in [2.05, 4.69) is 19.2 Å². The first-order valence-corrected chi connectivity index (χ1v) is 5.54. The third-order valence-corrected chi connectivity index (χ3v) is 2.14. The van der Waals surface area contributed by atoms with Crippen molar-refractivity contribution in [3.8, 4) is 0 Å². The Morgan fingerprint density at radius 1 is 1.44 bits per heavy atom. The van der Waals surface area contributed by atoms with Gasteiger partial charge in [-0.3, -0.25) is 0 Å². The van der Waals surface area contributed by atoms with E-state index in [-0.39, 0.29) is 24.4 Å². The van der Waals surface area contributed by atoms with Crippen molar-refractivity contribution in [2.24, 2.45) is 5.92 Å². The number of ether oxygens (including phenoxy) is 1. The van der Waals surface area contributed by atoms with E-state index in [0.717, 1.165) is 6.42 Å². The zero-order chi connectivity index (χ0) is 11.8. The summed E-state index contributed by atoms with van der Waals surface area (Å²) < 4.78 is 4.92. The van der Waals surface area contributed by atoms with Gasteiger partial charge in [-0.2, -0.15) is 0 Å². The first kappa shape index (κ1) is 17.8. The van der Waals surface area contributed by atoms with Gasteiger partial charge >= 0.3 is 5.97 Å². The Morgan fingerprint density at radius 3 is 2.38 bits per heavy atom. The minimum absolute atomic E-state index is 0. The third-order valence-electron chi connectivity index (χ3n) is 2.14. The van der Waals surface area contributed by atoms with Gasteiger partial charge in [-0.25, -0.2) is 4.79 Å². The number of esters is 1. The summed E-state index contributed by atoms with van der Waals surface area (Å²) in [7, 11) is 1.90. The molecule has 16 heavy (non-hydrogen) atoms. The molecular weight excluding hydrogens is 226 g/mol. The number of halogens is 1. The second kappa shape index (κ2) is 9.67.